The molecule has 0 aliphatic carbocycles. The van der Waals surface area contributed by atoms with Gasteiger partial charge in [-0.05, 0) is 47.9 Å². The van der Waals surface area contributed by atoms with Crippen molar-refractivity contribution in [2.24, 2.45) is 0 Å². The molecule has 0 spiro atoms. The fourth-order valence-corrected chi connectivity index (χ4v) is 2.25. The normalized spacial score (nSPS) is 12.5. The number of aliphatic hydroxyl groups is 1. The smallest absolute Gasteiger partial charge is 0.126 e. The second-order valence-corrected chi connectivity index (χ2v) is 5.03. The molecule has 2 aromatic carbocycles. The lowest BCUT2D eigenvalue weighted by Gasteiger charge is -2.13. The largest absolute Gasteiger partial charge is 0.384 e. The molecule has 0 saturated heterocycles. The van der Waals surface area contributed by atoms with E-state index in [1.54, 1.807) is 19.1 Å². The van der Waals surface area contributed by atoms with Crippen LogP contribution >= 0.6 is 15.9 Å². The summed E-state index contributed by atoms with van der Waals surface area (Å²) in [6.45, 7) is 1.62. The summed E-state index contributed by atoms with van der Waals surface area (Å²) in [4.78, 5) is 0. The molecular weight excluding hydrogens is 302 g/mol. The maximum Gasteiger partial charge on any atom is 0.126 e. The van der Waals surface area contributed by atoms with Gasteiger partial charge in [-0.1, -0.05) is 28.1 Å². The Kier molecular flexibility index (Phi) is 3.78. The summed E-state index contributed by atoms with van der Waals surface area (Å²) in [5.74, 6) is -0.761. The van der Waals surface area contributed by atoms with E-state index in [1.807, 2.05) is 0 Å². The summed E-state index contributed by atoms with van der Waals surface area (Å²) in [6.07, 6.45) is -0.976. The highest BCUT2D eigenvalue weighted by Crippen LogP contribution is 2.26. The highest BCUT2D eigenvalue weighted by Gasteiger charge is 2.13. The van der Waals surface area contributed by atoms with Crippen LogP contribution in [0.15, 0.2) is 40.9 Å². The van der Waals surface area contributed by atoms with Gasteiger partial charge in [0.15, 0.2) is 0 Å². The van der Waals surface area contributed by atoms with E-state index in [9.17, 15) is 13.9 Å². The predicted octanol–water partition coefficient (Wildman–Crippen LogP) is 4.12. The number of aryl methyl sites for hydroxylation is 1. The van der Waals surface area contributed by atoms with E-state index >= 15 is 0 Å². The third kappa shape index (κ3) is 2.76. The molecule has 2 aromatic rings. The molecule has 18 heavy (non-hydrogen) atoms. The topological polar surface area (TPSA) is 20.2 Å². The number of halogens is 3. The molecule has 4 heteroatoms. The molecular formula is C14H11BrF2O. The fourth-order valence-electron chi connectivity index (χ4n) is 1.76. The minimum absolute atomic E-state index is 0.327. The lowest BCUT2D eigenvalue weighted by atomic mass is 10.00. The Morgan fingerprint density at radius 3 is 2.39 bits per heavy atom. The van der Waals surface area contributed by atoms with E-state index in [0.717, 1.165) is 0 Å². The van der Waals surface area contributed by atoms with Gasteiger partial charge < -0.3 is 5.11 Å². The first-order chi connectivity index (χ1) is 8.47. The van der Waals surface area contributed by atoms with Crippen molar-refractivity contribution in [1.82, 2.24) is 0 Å². The van der Waals surface area contributed by atoms with Crippen molar-refractivity contribution in [3.8, 4) is 0 Å². The van der Waals surface area contributed by atoms with Crippen molar-refractivity contribution in [3.05, 3.63) is 69.2 Å². The van der Waals surface area contributed by atoms with E-state index < -0.39 is 11.9 Å². The second kappa shape index (κ2) is 5.16. The summed E-state index contributed by atoms with van der Waals surface area (Å²) in [7, 11) is 0. The Bertz CT molecular complexity index is 564. The Labute approximate surface area is 112 Å². The molecule has 0 aliphatic rings. The lowest BCUT2D eigenvalue weighted by molar-refractivity contribution is 0.219. The predicted molar refractivity (Wildman–Crippen MR) is 69.3 cm³/mol. The number of aliphatic hydroxyl groups excluding tert-OH is 1. The molecule has 0 radical (unpaired) electrons. The summed E-state index contributed by atoms with van der Waals surface area (Å²) in [5.41, 5.74) is 1.40. The number of rotatable bonds is 2. The van der Waals surface area contributed by atoms with E-state index in [0.29, 0.717) is 21.2 Å². The molecule has 1 atom stereocenters. The van der Waals surface area contributed by atoms with Gasteiger partial charge in [0.1, 0.15) is 17.7 Å². The van der Waals surface area contributed by atoms with Crippen LogP contribution in [0.3, 0.4) is 0 Å². The molecule has 1 N–H and O–H groups in total. The van der Waals surface area contributed by atoms with Crippen LogP contribution < -0.4 is 0 Å². The van der Waals surface area contributed by atoms with Gasteiger partial charge >= 0.3 is 0 Å². The maximum atomic E-state index is 13.2. The summed E-state index contributed by atoms with van der Waals surface area (Å²) < 4.78 is 26.9. The van der Waals surface area contributed by atoms with Crippen LogP contribution in [0.1, 0.15) is 22.8 Å². The molecule has 1 nitrogen and oxygen atoms in total. The second-order valence-electron chi connectivity index (χ2n) is 4.11. The Morgan fingerprint density at radius 2 is 1.78 bits per heavy atom. The Morgan fingerprint density at radius 1 is 1.06 bits per heavy atom. The zero-order chi connectivity index (χ0) is 13.3. The van der Waals surface area contributed by atoms with Crippen LogP contribution in [0, 0.1) is 18.6 Å². The van der Waals surface area contributed by atoms with Gasteiger partial charge in [0.25, 0.3) is 0 Å². The van der Waals surface area contributed by atoms with Crippen LogP contribution in [0.4, 0.5) is 8.78 Å². The molecule has 1 unspecified atom stereocenters. The third-order valence-electron chi connectivity index (χ3n) is 2.70. The fraction of sp³-hybridized carbons (Fsp3) is 0.143. The first kappa shape index (κ1) is 13.2. The first-order valence-corrected chi connectivity index (χ1v) is 6.17. The van der Waals surface area contributed by atoms with Gasteiger partial charge in [-0.25, -0.2) is 8.78 Å². The van der Waals surface area contributed by atoms with E-state index in [4.69, 9.17) is 0 Å². The SMILES string of the molecule is Cc1cc(C(O)c2cc(F)cc(Br)c2)ccc1F. The standard InChI is InChI=1S/C14H11BrF2O/c1-8-4-9(2-3-13(8)17)14(18)10-5-11(15)7-12(16)6-10/h2-7,14,18H,1H3. The van der Waals surface area contributed by atoms with Crippen molar-refractivity contribution < 1.29 is 13.9 Å². The molecule has 0 saturated carbocycles. The van der Waals surface area contributed by atoms with Crippen molar-refractivity contribution >= 4 is 15.9 Å². The van der Waals surface area contributed by atoms with Gasteiger partial charge in [-0.15, -0.1) is 0 Å². The van der Waals surface area contributed by atoms with E-state index in [1.165, 1.54) is 24.3 Å². The van der Waals surface area contributed by atoms with Crippen LogP contribution in [0.5, 0.6) is 0 Å². The molecule has 0 heterocycles. The number of benzene rings is 2. The summed E-state index contributed by atoms with van der Waals surface area (Å²) in [5, 5.41) is 10.1. The molecule has 0 bridgehead atoms. The Balaban J connectivity index is 2.40. The highest BCUT2D eigenvalue weighted by molar-refractivity contribution is 9.10. The van der Waals surface area contributed by atoms with Crippen LogP contribution in [-0.2, 0) is 0 Å². The molecule has 0 fully saturated rings. The van der Waals surface area contributed by atoms with Crippen LogP contribution in [0.2, 0.25) is 0 Å². The van der Waals surface area contributed by atoms with Crippen LogP contribution in [0.25, 0.3) is 0 Å². The quantitative estimate of drug-likeness (QED) is 0.884. The average Bonchev–Trinajstić information content (AvgIpc) is 2.30. The lowest BCUT2D eigenvalue weighted by Crippen LogP contribution is -2.01. The summed E-state index contributed by atoms with van der Waals surface area (Å²) >= 11 is 3.17. The molecule has 0 amide bonds. The monoisotopic (exact) mass is 312 g/mol. The Hall–Kier alpha value is -1.26. The summed E-state index contributed by atoms with van der Waals surface area (Å²) in [6, 6.07) is 8.54. The number of hydrogen-bond donors (Lipinski definition) is 1. The zero-order valence-corrected chi connectivity index (χ0v) is 11.2. The number of hydrogen-bond acceptors (Lipinski definition) is 1. The van der Waals surface area contributed by atoms with Gasteiger partial charge in [-0.2, -0.15) is 0 Å². The third-order valence-corrected chi connectivity index (χ3v) is 3.16. The minimum Gasteiger partial charge on any atom is -0.384 e. The van der Waals surface area contributed by atoms with E-state index in [2.05, 4.69) is 15.9 Å². The van der Waals surface area contributed by atoms with Gasteiger partial charge in [0.2, 0.25) is 0 Å². The van der Waals surface area contributed by atoms with Crippen molar-refractivity contribution in [2.75, 3.05) is 0 Å². The minimum atomic E-state index is -0.976. The zero-order valence-electron chi connectivity index (χ0n) is 9.62. The van der Waals surface area contributed by atoms with Gasteiger partial charge in [0.05, 0.1) is 0 Å². The molecule has 0 aliphatic heterocycles. The van der Waals surface area contributed by atoms with E-state index in [-0.39, 0.29) is 5.82 Å². The molecule has 94 valence electrons. The maximum absolute atomic E-state index is 13.2. The first-order valence-electron chi connectivity index (χ1n) is 5.37. The highest BCUT2D eigenvalue weighted by atomic mass is 79.9. The van der Waals surface area contributed by atoms with Crippen LogP contribution in [-0.4, -0.2) is 5.11 Å². The molecule has 0 aromatic heterocycles. The molecule has 2 rings (SSSR count). The van der Waals surface area contributed by atoms with Crippen molar-refractivity contribution in [1.29, 1.82) is 0 Å². The average molecular weight is 313 g/mol. The van der Waals surface area contributed by atoms with Gasteiger partial charge in [0, 0.05) is 4.47 Å². The van der Waals surface area contributed by atoms with Crippen molar-refractivity contribution in [3.63, 3.8) is 0 Å². The van der Waals surface area contributed by atoms with Gasteiger partial charge in [-0.3, -0.25) is 0 Å². The van der Waals surface area contributed by atoms with Crippen molar-refractivity contribution in [2.45, 2.75) is 13.0 Å².